The van der Waals surface area contributed by atoms with Crippen LogP contribution in [0.15, 0.2) is 42.5 Å². The van der Waals surface area contributed by atoms with Crippen LogP contribution in [0.25, 0.3) is 5.69 Å². The summed E-state index contributed by atoms with van der Waals surface area (Å²) >= 11 is 5.64. The van der Waals surface area contributed by atoms with Gasteiger partial charge in [0.15, 0.2) is 6.67 Å². The molecule has 0 spiro atoms. The van der Waals surface area contributed by atoms with Gasteiger partial charge in [0.25, 0.3) is 0 Å². The summed E-state index contributed by atoms with van der Waals surface area (Å²) in [6, 6.07) is 14.9. The van der Waals surface area contributed by atoms with E-state index in [2.05, 4.69) is 54.6 Å². The Balaban J connectivity index is 1.58. The smallest absolute Gasteiger partial charge is 0.225 e. The number of fused-ring (bicyclic) bond motifs is 1. The number of aryl methyl sites for hydroxylation is 1. The van der Waals surface area contributed by atoms with E-state index in [4.69, 9.17) is 12.2 Å². The Morgan fingerprint density at radius 2 is 1.84 bits per heavy atom. The first-order valence-corrected chi connectivity index (χ1v) is 9.04. The normalized spacial score (nSPS) is 16.6. The Hall–Kier alpha value is -2.31. The van der Waals surface area contributed by atoms with Crippen LogP contribution in [-0.2, 0) is 19.6 Å². The maximum absolute atomic E-state index is 5.64. The van der Waals surface area contributed by atoms with Crippen LogP contribution in [0.2, 0.25) is 0 Å². The second kappa shape index (κ2) is 6.54. The van der Waals surface area contributed by atoms with Gasteiger partial charge < -0.3 is 4.90 Å². The van der Waals surface area contributed by atoms with Crippen LogP contribution in [0.3, 0.4) is 0 Å². The minimum absolute atomic E-state index is 0.653. The van der Waals surface area contributed by atoms with E-state index in [9.17, 15) is 0 Å². The zero-order valence-electron chi connectivity index (χ0n) is 14.6. The Morgan fingerprint density at radius 3 is 2.68 bits per heavy atom. The van der Waals surface area contributed by atoms with Crippen molar-refractivity contribution < 1.29 is 4.90 Å². The molecule has 0 amide bonds. The molecule has 0 aliphatic carbocycles. The molecule has 25 heavy (non-hydrogen) atoms. The predicted octanol–water partition coefficient (Wildman–Crippen LogP) is 2.01. The molecule has 4 rings (SSSR count). The number of benzene rings is 2. The molecular formula is C19H22N5S+. The van der Waals surface area contributed by atoms with Crippen molar-refractivity contribution >= 4 is 12.2 Å². The maximum atomic E-state index is 5.64. The topological polar surface area (TPSA) is 40.1 Å². The van der Waals surface area contributed by atoms with Crippen LogP contribution in [0.5, 0.6) is 0 Å². The number of aromatic nitrogens is 4. The third kappa shape index (κ3) is 3.03. The zero-order chi connectivity index (χ0) is 17.4. The van der Waals surface area contributed by atoms with Crippen LogP contribution < -0.4 is 4.90 Å². The molecule has 1 N–H and O–H groups in total. The summed E-state index contributed by atoms with van der Waals surface area (Å²) < 4.78 is 4.27. The van der Waals surface area contributed by atoms with Gasteiger partial charge in [0.2, 0.25) is 4.77 Å². The Morgan fingerprint density at radius 1 is 1.04 bits per heavy atom. The molecule has 1 unspecified atom stereocenters. The molecule has 0 radical (unpaired) electrons. The number of hydrogen-bond acceptors (Lipinski definition) is 3. The molecular weight excluding hydrogens is 330 g/mol. The van der Waals surface area contributed by atoms with Gasteiger partial charge in [-0.1, -0.05) is 36.4 Å². The summed E-state index contributed by atoms with van der Waals surface area (Å²) in [5, 5.41) is 8.63. The standard InChI is InChI=1S/C19H21N5S/c1-14-6-5-9-18(15(14)2)24-19(25)23(20-21-24)13-22-11-10-16-7-3-4-8-17(16)12-22/h3-9H,10-13H2,1-2H3/p+1. The van der Waals surface area contributed by atoms with Gasteiger partial charge in [-0.2, -0.15) is 9.36 Å². The average Bonchev–Trinajstić information content (AvgIpc) is 2.98. The van der Waals surface area contributed by atoms with Crippen LogP contribution in [0.4, 0.5) is 0 Å². The quantitative estimate of drug-likeness (QED) is 0.733. The van der Waals surface area contributed by atoms with E-state index in [1.165, 1.54) is 27.2 Å². The van der Waals surface area contributed by atoms with Gasteiger partial charge >= 0.3 is 0 Å². The van der Waals surface area contributed by atoms with Crippen molar-refractivity contribution in [1.82, 2.24) is 19.8 Å². The molecule has 0 saturated carbocycles. The summed E-state index contributed by atoms with van der Waals surface area (Å²) in [4.78, 5) is 1.46. The molecule has 0 saturated heterocycles. The zero-order valence-corrected chi connectivity index (χ0v) is 15.4. The lowest BCUT2D eigenvalue weighted by molar-refractivity contribution is -0.939. The molecule has 1 aliphatic rings. The SMILES string of the molecule is Cc1cccc(-n2nnn(C[NH+]3CCc4ccccc4C3)c2=S)c1C. The van der Waals surface area contributed by atoms with Gasteiger partial charge in [0.1, 0.15) is 6.54 Å². The Kier molecular flexibility index (Phi) is 4.23. The Labute approximate surface area is 152 Å². The molecule has 1 atom stereocenters. The number of quaternary nitrogens is 1. The van der Waals surface area contributed by atoms with E-state index in [1.807, 2.05) is 16.8 Å². The first-order chi connectivity index (χ1) is 12.1. The minimum Gasteiger partial charge on any atom is -0.312 e. The van der Waals surface area contributed by atoms with Crippen LogP contribution in [-0.4, -0.2) is 26.3 Å². The maximum Gasteiger partial charge on any atom is 0.225 e. The van der Waals surface area contributed by atoms with Crippen molar-refractivity contribution in [2.75, 3.05) is 6.54 Å². The summed E-state index contributed by atoms with van der Waals surface area (Å²) in [6.07, 6.45) is 1.10. The van der Waals surface area contributed by atoms with Gasteiger partial charge in [0.05, 0.1) is 12.2 Å². The first kappa shape index (κ1) is 16.2. The van der Waals surface area contributed by atoms with Crippen LogP contribution >= 0.6 is 12.2 Å². The fourth-order valence-electron chi connectivity index (χ4n) is 3.48. The van der Waals surface area contributed by atoms with E-state index in [0.29, 0.717) is 4.77 Å². The number of nitrogens with one attached hydrogen (secondary N) is 1. The van der Waals surface area contributed by atoms with Crippen molar-refractivity contribution in [1.29, 1.82) is 0 Å². The van der Waals surface area contributed by atoms with Gasteiger partial charge in [-0.25, -0.2) is 0 Å². The molecule has 2 aromatic carbocycles. The number of hydrogen-bond donors (Lipinski definition) is 1. The summed E-state index contributed by atoms with van der Waals surface area (Å²) in [5.41, 5.74) is 6.32. The summed E-state index contributed by atoms with van der Waals surface area (Å²) in [7, 11) is 0. The lowest BCUT2D eigenvalue weighted by Crippen LogP contribution is -3.11. The largest absolute Gasteiger partial charge is 0.312 e. The molecule has 6 heteroatoms. The third-order valence-corrected chi connectivity index (χ3v) is 5.51. The second-order valence-corrected chi connectivity index (χ2v) is 7.11. The highest BCUT2D eigenvalue weighted by molar-refractivity contribution is 7.71. The van der Waals surface area contributed by atoms with Crippen molar-refractivity contribution in [3.05, 3.63) is 69.5 Å². The second-order valence-electron chi connectivity index (χ2n) is 6.75. The highest BCUT2D eigenvalue weighted by Crippen LogP contribution is 2.16. The highest BCUT2D eigenvalue weighted by atomic mass is 32.1. The van der Waals surface area contributed by atoms with Crippen molar-refractivity contribution in [3.63, 3.8) is 0 Å². The molecule has 0 bridgehead atoms. The van der Waals surface area contributed by atoms with E-state index in [0.717, 1.165) is 31.9 Å². The van der Waals surface area contributed by atoms with E-state index in [1.54, 1.807) is 4.68 Å². The molecule has 2 heterocycles. The van der Waals surface area contributed by atoms with Gasteiger partial charge in [0, 0.05) is 12.0 Å². The molecule has 1 aliphatic heterocycles. The molecule has 0 fully saturated rings. The van der Waals surface area contributed by atoms with E-state index in [-0.39, 0.29) is 0 Å². The fraction of sp³-hybridized carbons (Fsp3) is 0.316. The molecule has 5 nitrogen and oxygen atoms in total. The molecule has 128 valence electrons. The van der Waals surface area contributed by atoms with Crippen molar-refractivity contribution in [2.24, 2.45) is 0 Å². The summed E-state index contributed by atoms with van der Waals surface area (Å²) in [6.45, 7) is 7.04. The molecule has 1 aromatic heterocycles. The van der Waals surface area contributed by atoms with E-state index < -0.39 is 0 Å². The minimum atomic E-state index is 0.653. The number of nitrogens with zero attached hydrogens (tertiary/aromatic N) is 4. The number of tetrazole rings is 1. The van der Waals surface area contributed by atoms with Gasteiger partial charge in [-0.05, 0) is 59.2 Å². The van der Waals surface area contributed by atoms with E-state index >= 15 is 0 Å². The van der Waals surface area contributed by atoms with Crippen LogP contribution in [0.1, 0.15) is 22.3 Å². The lowest BCUT2D eigenvalue weighted by Gasteiger charge is -2.25. The van der Waals surface area contributed by atoms with Crippen LogP contribution in [0, 0.1) is 18.6 Å². The van der Waals surface area contributed by atoms with Crippen molar-refractivity contribution in [2.45, 2.75) is 33.5 Å². The fourth-order valence-corrected chi connectivity index (χ4v) is 3.72. The van der Waals surface area contributed by atoms with Gasteiger partial charge in [-0.15, -0.1) is 0 Å². The molecule has 3 aromatic rings. The highest BCUT2D eigenvalue weighted by Gasteiger charge is 2.20. The summed E-state index contributed by atoms with van der Waals surface area (Å²) in [5.74, 6) is 0. The van der Waals surface area contributed by atoms with Crippen molar-refractivity contribution in [3.8, 4) is 5.69 Å². The predicted molar refractivity (Wildman–Crippen MR) is 99.3 cm³/mol. The number of rotatable bonds is 3. The third-order valence-electron chi connectivity index (χ3n) is 5.12. The average molecular weight is 352 g/mol. The monoisotopic (exact) mass is 352 g/mol. The lowest BCUT2D eigenvalue weighted by atomic mass is 10.0. The Bertz CT molecular complexity index is 972. The van der Waals surface area contributed by atoms with Gasteiger partial charge in [-0.3, -0.25) is 0 Å². The first-order valence-electron chi connectivity index (χ1n) is 8.63.